The molecule has 2 bridgehead atoms. The van der Waals surface area contributed by atoms with Gasteiger partial charge in [-0.05, 0) is 37.0 Å². The highest BCUT2D eigenvalue weighted by atomic mass is 16.2. The third-order valence-corrected chi connectivity index (χ3v) is 4.57. The molecule has 2 aliphatic rings. The zero-order valence-corrected chi connectivity index (χ0v) is 11.4. The number of nitrogens with two attached hydrogens (primary N) is 1. The van der Waals surface area contributed by atoms with Crippen molar-refractivity contribution in [2.45, 2.75) is 38.6 Å². The molecule has 3 rings (SSSR count). The van der Waals surface area contributed by atoms with Gasteiger partial charge in [-0.25, -0.2) is 0 Å². The minimum Gasteiger partial charge on any atom is -0.368 e. The quantitative estimate of drug-likeness (QED) is 0.844. The molecule has 3 atom stereocenters. The van der Waals surface area contributed by atoms with E-state index in [1.807, 2.05) is 0 Å². The molecule has 2 fully saturated rings. The van der Waals surface area contributed by atoms with E-state index in [-0.39, 0.29) is 12.5 Å². The number of primary amides is 1. The van der Waals surface area contributed by atoms with Crippen LogP contribution in [-0.4, -0.2) is 21.6 Å². The highest BCUT2D eigenvalue weighted by Crippen LogP contribution is 2.49. The van der Waals surface area contributed by atoms with Crippen LogP contribution in [0.25, 0.3) is 0 Å². The molecule has 0 unspecified atom stereocenters. The molecule has 0 radical (unpaired) electrons. The van der Waals surface area contributed by atoms with Crippen LogP contribution in [0.2, 0.25) is 0 Å². The second kappa shape index (κ2) is 5.26. The Kier molecular flexibility index (Phi) is 3.46. The van der Waals surface area contributed by atoms with Gasteiger partial charge in [-0.3, -0.25) is 14.3 Å². The number of nitrogens with zero attached hydrogens (tertiary/aromatic N) is 2. The number of anilines is 1. The van der Waals surface area contributed by atoms with Crippen molar-refractivity contribution in [2.75, 3.05) is 5.32 Å². The standard InChI is InChI=1S/C14H20N4O2/c15-13(19)8-18-7-12(6-16-18)17-14(20)5-11-4-9-1-2-10(11)3-9/h6-7,9-11H,1-5,8H2,(H2,15,19)(H,17,20)/t9-,10-,11-/m0/s1. The molecule has 0 saturated heterocycles. The molecule has 2 aliphatic carbocycles. The topological polar surface area (TPSA) is 90.0 Å². The Morgan fingerprint density at radius 1 is 1.40 bits per heavy atom. The third-order valence-electron chi connectivity index (χ3n) is 4.57. The summed E-state index contributed by atoms with van der Waals surface area (Å²) in [5.74, 6) is 1.75. The Balaban J connectivity index is 1.51. The zero-order valence-electron chi connectivity index (χ0n) is 11.4. The van der Waals surface area contributed by atoms with E-state index in [1.54, 1.807) is 12.4 Å². The maximum absolute atomic E-state index is 12.0. The third kappa shape index (κ3) is 2.84. The molecule has 0 aliphatic heterocycles. The van der Waals surface area contributed by atoms with E-state index in [0.29, 0.717) is 18.0 Å². The summed E-state index contributed by atoms with van der Waals surface area (Å²) in [6.07, 6.45) is 8.93. The lowest BCUT2D eigenvalue weighted by atomic mass is 9.86. The van der Waals surface area contributed by atoms with Crippen molar-refractivity contribution in [1.29, 1.82) is 0 Å². The largest absolute Gasteiger partial charge is 0.368 e. The van der Waals surface area contributed by atoms with Crippen LogP contribution in [0, 0.1) is 17.8 Å². The van der Waals surface area contributed by atoms with E-state index >= 15 is 0 Å². The molecule has 0 aromatic carbocycles. The van der Waals surface area contributed by atoms with Crippen LogP contribution in [0.4, 0.5) is 5.69 Å². The van der Waals surface area contributed by atoms with E-state index in [2.05, 4.69) is 10.4 Å². The van der Waals surface area contributed by atoms with Gasteiger partial charge in [0.05, 0.1) is 11.9 Å². The van der Waals surface area contributed by atoms with Crippen molar-refractivity contribution in [3.63, 3.8) is 0 Å². The molecule has 3 N–H and O–H groups in total. The van der Waals surface area contributed by atoms with Crippen molar-refractivity contribution in [3.05, 3.63) is 12.4 Å². The average molecular weight is 276 g/mol. The van der Waals surface area contributed by atoms with Crippen LogP contribution in [0.1, 0.15) is 32.1 Å². The zero-order chi connectivity index (χ0) is 14.1. The van der Waals surface area contributed by atoms with Gasteiger partial charge in [-0.15, -0.1) is 0 Å². The molecule has 2 amide bonds. The molecule has 1 aromatic rings. The summed E-state index contributed by atoms with van der Waals surface area (Å²) in [5.41, 5.74) is 5.72. The summed E-state index contributed by atoms with van der Waals surface area (Å²) in [4.78, 5) is 22.8. The maximum atomic E-state index is 12.0. The van der Waals surface area contributed by atoms with Gasteiger partial charge < -0.3 is 11.1 Å². The number of fused-ring (bicyclic) bond motifs is 2. The first kappa shape index (κ1) is 13.1. The predicted molar refractivity (Wildman–Crippen MR) is 73.6 cm³/mol. The summed E-state index contributed by atoms with van der Waals surface area (Å²) in [6.45, 7) is 0.0300. The van der Waals surface area contributed by atoms with Crippen LogP contribution in [0.5, 0.6) is 0 Å². The molecule has 6 heteroatoms. The van der Waals surface area contributed by atoms with E-state index < -0.39 is 5.91 Å². The fourth-order valence-electron chi connectivity index (χ4n) is 3.75. The molecule has 6 nitrogen and oxygen atoms in total. The Bertz CT molecular complexity index is 525. The first-order valence-corrected chi connectivity index (χ1v) is 7.21. The molecular weight excluding hydrogens is 256 g/mol. The van der Waals surface area contributed by atoms with E-state index in [4.69, 9.17) is 5.73 Å². The van der Waals surface area contributed by atoms with Gasteiger partial charge in [-0.1, -0.05) is 6.42 Å². The Hall–Kier alpha value is -1.85. The second-order valence-corrected chi connectivity index (χ2v) is 6.08. The number of carbonyl (C=O) groups is 2. The summed E-state index contributed by atoms with van der Waals surface area (Å²) in [7, 11) is 0. The predicted octanol–water partition coefficient (Wildman–Crippen LogP) is 1.13. The minimum absolute atomic E-state index is 0.0300. The van der Waals surface area contributed by atoms with Gasteiger partial charge >= 0.3 is 0 Å². The Morgan fingerprint density at radius 2 is 2.25 bits per heavy atom. The summed E-state index contributed by atoms with van der Waals surface area (Å²) in [6, 6.07) is 0. The highest BCUT2D eigenvalue weighted by Gasteiger charge is 2.40. The molecule has 108 valence electrons. The number of hydrogen-bond donors (Lipinski definition) is 2. The number of amides is 2. The van der Waals surface area contributed by atoms with Gasteiger partial charge in [-0.2, -0.15) is 5.10 Å². The van der Waals surface area contributed by atoms with E-state index in [1.165, 1.54) is 30.4 Å². The van der Waals surface area contributed by atoms with Gasteiger partial charge in [0.25, 0.3) is 0 Å². The van der Waals surface area contributed by atoms with Gasteiger partial charge in [0.1, 0.15) is 6.54 Å². The average Bonchev–Trinajstić information content (AvgIpc) is 3.05. The van der Waals surface area contributed by atoms with Crippen molar-refractivity contribution in [1.82, 2.24) is 9.78 Å². The fourth-order valence-corrected chi connectivity index (χ4v) is 3.75. The molecule has 1 heterocycles. The molecular formula is C14H20N4O2. The van der Waals surface area contributed by atoms with Crippen molar-refractivity contribution < 1.29 is 9.59 Å². The lowest BCUT2D eigenvalue weighted by Gasteiger charge is -2.20. The van der Waals surface area contributed by atoms with E-state index in [9.17, 15) is 9.59 Å². The number of aromatic nitrogens is 2. The highest BCUT2D eigenvalue weighted by molar-refractivity contribution is 5.90. The first-order valence-electron chi connectivity index (χ1n) is 7.21. The van der Waals surface area contributed by atoms with Gasteiger partial charge in [0, 0.05) is 12.6 Å². The number of carbonyl (C=O) groups excluding carboxylic acids is 2. The summed E-state index contributed by atoms with van der Waals surface area (Å²) in [5, 5.41) is 6.83. The van der Waals surface area contributed by atoms with Crippen LogP contribution >= 0.6 is 0 Å². The summed E-state index contributed by atoms with van der Waals surface area (Å²) < 4.78 is 1.43. The number of rotatable bonds is 5. The molecule has 2 saturated carbocycles. The van der Waals surface area contributed by atoms with Crippen LogP contribution < -0.4 is 11.1 Å². The number of nitrogens with one attached hydrogen (secondary N) is 1. The van der Waals surface area contributed by atoms with Crippen LogP contribution in [0.15, 0.2) is 12.4 Å². The maximum Gasteiger partial charge on any atom is 0.239 e. The lowest BCUT2D eigenvalue weighted by Crippen LogP contribution is -2.20. The number of hydrogen-bond acceptors (Lipinski definition) is 3. The minimum atomic E-state index is -0.451. The summed E-state index contributed by atoms with van der Waals surface area (Å²) >= 11 is 0. The van der Waals surface area contributed by atoms with Crippen LogP contribution in [-0.2, 0) is 16.1 Å². The van der Waals surface area contributed by atoms with Crippen molar-refractivity contribution in [2.24, 2.45) is 23.5 Å². The Labute approximate surface area is 117 Å². The van der Waals surface area contributed by atoms with Crippen molar-refractivity contribution >= 4 is 17.5 Å². The fraction of sp³-hybridized carbons (Fsp3) is 0.643. The molecule has 0 spiro atoms. The second-order valence-electron chi connectivity index (χ2n) is 6.08. The smallest absolute Gasteiger partial charge is 0.239 e. The normalized spacial score (nSPS) is 27.7. The lowest BCUT2D eigenvalue weighted by molar-refractivity contribution is -0.119. The Morgan fingerprint density at radius 3 is 2.90 bits per heavy atom. The van der Waals surface area contributed by atoms with E-state index in [0.717, 1.165) is 11.8 Å². The molecule has 20 heavy (non-hydrogen) atoms. The van der Waals surface area contributed by atoms with Crippen LogP contribution in [0.3, 0.4) is 0 Å². The van der Waals surface area contributed by atoms with Crippen molar-refractivity contribution in [3.8, 4) is 0 Å². The van der Waals surface area contributed by atoms with Gasteiger partial charge in [0.2, 0.25) is 11.8 Å². The molecule has 1 aromatic heterocycles. The monoisotopic (exact) mass is 276 g/mol. The van der Waals surface area contributed by atoms with Gasteiger partial charge in [0.15, 0.2) is 0 Å². The SMILES string of the molecule is NC(=O)Cn1cc(NC(=O)C[C@@H]2C[C@H]3CC[C@H]2C3)cn1. The first-order chi connectivity index (χ1) is 9.60.